The molecule has 1 heteroatoms. The average Bonchev–Trinajstić information content (AvgIpc) is 1.98. The largest absolute Gasteiger partial charge is 0.299 e. The van der Waals surface area contributed by atoms with Crippen LogP contribution in [0.5, 0.6) is 0 Å². The zero-order valence-electron chi connectivity index (χ0n) is 6.35. The van der Waals surface area contributed by atoms with E-state index in [1.807, 2.05) is 13.8 Å². The van der Waals surface area contributed by atoms with Crippen LogP contribution in [0.4, 0.5) is 0 Å². The lowest BCUT2D eigenvalue weighted by Gasteiger charge is -2.03. The van der Waals surface area contributed by atoms with Gasteiger partial charge in [0.1, 0.15) is 5.78 Å². The number of hydrogen-bond acceptors (Lipinski definition) is 1. The predicted octanol–water partition coefficient (Wildman–Crippen LogP) is 1.87. The maximum atomic E-state index is 11.1. The molecule has 0 saturated heterocycles. The molecule has 0 bridgehead atoms. The van der Waals surface area contributed by atoms with Crippen molar-refractivity contribution in [3.63, 3.8) is 0 Å². The van der Waals surface area contributed by atoms with Gasteiger partial charge in [-0.15, -0.1) is 0 Å². The fraction of sp³-hybridized carbons (Fsp3) is 0.875. The van der Waals surface area contributed by atoms with E-state index in [1.165, 1.54) is 0 Å². The minimum atomic E-state index is 0.319. The molecule has 0 heterocycles. The van der Waals surface area contributed by atoms with Gasteiger partial charge in [-0.25, -0.2) is 0 Å². The number of carbonyl (C=O) groups excluding carboxylic acids is 1. The third-order valence-corrected chi connectivity index (χ3v) is 2.51. The van der Waals surface area contributed by atoms with Crippen molar-refractivity contribution in [2.45, 2.75) is 27.2 Å². The van der Waals surface area contributed by atoms with Crippen molar-refractivity contribution >= 4 is 5.78 Å². The fourth-order valence-corrected chi connectivity index (χ4v) is 1.61. The van der Waals surface area contributed by atoms with Gasteiger partial charge in [0.15, 0.2) is 0 Å². The van der Waals surface area contributed by atoms with Gasteiger partial charge in [-0.05, 0) is 12.3 Å². The fourth-order valence-electron chi connectivity index (χ4n) is 1.61. The molecule has 1 saturated carbocycles. The van der Waals surface area contributed by atoms with Crippen molar-refractivity contribution in [3.05, 3.63) is 0 Å². The Bertz CT molecular complexity index is 129. The van der Waals surface area contributed by atoms with E-state index in [1.54, 1.807) is 0 Å². The zero-order valence-corrected chi connectivity index (χ0v) is 6.35. The van der Waals surface area contributed by atoms with E-state index < -0.39 is 0 Å². The molecule has 0 aromatic carbocycles. The van der Waals surface area contributed by atoms with Gasteiger partial charge in [-0.1, -0.05) is 20.8 Å². The molecule has 1 aliphatic rings. The summed E-state index contributed by atoms with van der Waals surface area (Å²) in [5.41, 5.74) is 0. The molecule has 1 aliphatic carbocycles. The van der Waals surface area contributed by atoms with Crippen LogP contribution in [-0.4, -0.2) is 5.78 Å². The maximum absolute atomic E-state index is 11.1. The number of carbonyl (C=O) groups is 1. The maximum Gasteiger partial charge on any atom is 0.138 e. The summed E-state index contributed by atoms with van der Waals surface area (Å²) in [6.45, 7) is 6.23. The first-order valence-corrected chi connectivity index (χ1v) is 3.66. The van der Waals surface area contributed by atoms with E-state index >= 15 is 0 Å². The van der Waals surface area contributed by atoms with Crippen LogP contribution in [0, 0.1) is 17.8 Å². The van der Waals surface area contributed by atoms with E-state index in [9.17, 15) is 4.79 Å². The Balaban J connectivity index is 2.65. The van der Waals surface area contributed by atoms with Crippen LogP contribution in [-0.2, 0) is 4.79 Å². The molecule has 0 aromatic heterocycles. The van der Waals surface area contributed by atoms with Crippen molar-refractivity contribution in [1.29, 1.82) is 0 Å². The molecule has 1 nitrogen and oxygen atoms in total. The van der Waals surface area contributed by atoms with Crippen LogP contribution in [0.2, 0.25) is 0 Å². The SMILES string of the molecule is CC1C[C@@H](C)C(=O)C1C. The highest BCUT2D eigenvalue weighted by molar-refractivity contribution is 5.85. The molecule has 0 radical (unpaired) electrons. The Morgan fingerprint density at radius 1 is 1.33 bits per heavy atom. The second-order valence-corrected chi connectivity index (χ2v) is 3.31. The molecule has 3 atom stereocenters. The van der Waals surface area contributed by atoms with Crippen molar-refractivity contribution in [3.8, 4) is 0 Å². The van der Waals surface area contributed by atoms with Gasteiger partial charge in [0.25, 0.3) is 0 Å². The van der Waals surface area contributed by atoms with Crippen LogP contribution in [0.25, 0.3) is 0 Å². The Morgan fingerprint density at radius 3 is 2.00 bits per heavy atom. The summed E-state index contributed by atoms with van der Waals surface area (Å²) in [7, 11) is 0. The minimum Gasteiger partial charge on any atom is -0.299 e. The summed E-state index contributed by atoms with van der Waals surface area (Å²) < 4.78 is 0. The first kappa shape index (κ1) is 6.79. The smallest absolute Gasteiger partial charge is 0.138 e. The molecule has 1 rings (SSSR count). The van der Waals surface area contributed by atoms with Crippen LogP contribution in [0.3, 0.4) is 0 Å². The molecule has 0 aliphatic heterocycles. The minimum absolute atomic E-state index is 0.319. The second-order valence-electron chi connectivity index (χ2n) is 3.31. The quantitative estimate of drug-likeness (QED) is 0.484. The summed E-state index contributed by atoms with van der Waals surface area (Å²) >= 11 is 0. The first-order chi connectivity index (χ1) is 4.13. The van der Waals surface area contributed by atoms with E-state index in [4.69, 9.17) is 0 Å². The first-order valence-electron chi connectivity index (χ1n) is 3.66. The lowest BCUT2D eigenvalue weighted by molar-refractivity contribution is -0.123. The molecular formula is C8H14O. The molecule has 0 aromatic rings. The highest BCUT2D eigenvalue weighted by Crippen LogP contribution is 2.31. The Hall–Kier alpha value is -0.330. The topological polar surface area (TPSA) is 17.1 Å². The van der Waals surface area contributed by atoms with Gasteiger partial charge in [0, 0.05) is 11.8 Å². The number of Topliss-reactive ketones (excluding diaryl/α,β-unsaturated/α-hetero) is 1. The molecule has 1 fully saturated rings. The van der Waals surface area contributed by atoms with Crippen LogP contribution < -0.4 is 0 Å². The Morgan fingerprint density at radius 2 is 1.89 bits per heavy atom. The lowest BCUT2D eigenvalue weighted by atomic mass is 10.0. The van der Waals surface area contributed by atoms with E-state index in [2.05, 4.69) is 6.92 Å². The van der Waals surface area contributed by atoms with Gasteiger partial charge >= 0.3 is 0 Å². The van der Waals surface area contributed by atoms with Crippen molar-refractivity contribution in [2.75, 3.05) is 0 Å². The third-order valence-electron chi connectivity index (χ3n) is 2.51. The van der Waals surface area contributed by atoms with Crippen molar-refractivity contribution < 1.29 is 4.79 Å². The highest BCUT2D eigenvalue weighted by atomic mass is 16.1. The van der Waals surface area contributed by atoms with E-state index in [-0.39, 0.29) is 0 Å². The van der Waals surface area contributed by atoms with Gasteiger partial charge in [-0.3, -0.25) is 4.79 Å². The summed E-state index contributed by atoms with van der Waals surface area (Å²) in [5.74, 6) is 1.73. The molecular weight excluding hydrogens is 112 g/mol. The van der Waals surface area contributed by atoms with Gasteiger partial charge in [0.05, 0.1) is 0 Å². The molecule has 52 valence electrons. The molecule has 0 N–H and O–H groups in total. The van der Waals surface area contributed by atoms with E-state index in [0.717, 1.165) is 6.42 Å². The second kappa shape index (κ2) is 2.13. The molecule has 9 heavy (non-hydrogen) atoms. The van der Waals surface area contributed by atoms with Gasteiger partial charge < -0.3 is 0 Å². The average molecular weight is 126 g/mol. The number of rotatable bonds is 0. The van der Waals surface area contributed by atoms with Crippen LogP contribution >= 0.6 is 0 Å². The predicted molar refractivity (Wildman–Crippen MR) is 37.1 cm³/mol. The van der Waals surface area contributed by atoms with Crippen LogP contribution in [0.15, 0.2) is 0 Å². The number of ketones is 1. The lowest BCUT2D eigenvalue weighted by Crippen LogP contribution is -2.10. The molecule has 0 spiro atoms. The zero-order chi connectivity index (χ0) is 7.02. The summed E-state index contributed by atoms with van der Waals surface area (Å²) in [6, 6.07) is 0. The normalized spacial score (nSPS) is 43.9. The van der Waals surface area contributed by atoms with Gasteiger partial charge in [-0.2, -0.15) is 0 Å². The summed E-state index contributed by atoms with van der Waals surface area (Å²) in [5, 5.41) is 0. The summed E-state index contributed by atoms with van der Waals surface area (Å²) in [4.78, 5) is 11.1. The monoisotopic (exact) mass is 126 g/mol. The van der Waals surface area contributed by atoms with E-state index in [0.29, 0.717) is 23.5 Å². The molecule has 2 unspecified atom stereocenters. The Kier molecular flexibility index (Phi) is 1.60. The Labute approximate surface area is 56.4 Å². The molecule has 0 amide bonds. The summed E-state index contributed by atoms with van der Waals surface area (Å²) in [6.07, 6.45) is 1.10. The number of hydrogen-bond donors (Lipinski definition) is 0. The van der Waals surface area contributed by atoms with Crippen molar-refractivity contribution in [1.82, 2.24) is 0 Å². The van der Waals surface area contributed by atoms with Crippen LogP contribution in [0.1, 0.15) is 27.2 Å². The van der Waals surface area contributed by atoms with Gasteiger partial charge in [0.2, 0.25) is 0 Å². The third kappa shape index (κ3) is 1.00. The highest BCUT2D eigenvalue weighted by Gasteiger charge is 2.33. The van der Waals surface area contributed by atoms with Crippen molar-refractivity contribution in [2.24, 2.45) is 17.8 Å². The standard InChI is InChI=1S/C8H14O/c1-5-4-6(2)8(9)7(5)3/h5-7H,4H2,1-3H3/t5?,6-,7?/m1/s1.